The number of hydrogen-bond donors (Lipinski definition) is 2. The van der Waals surface area contributed by atoms with Crippen LogP contribution in [0, 0.1) is 11.6 Å². The summed E-state index contributed by atoms with van der Waals surface area (Å²) in [5, 5.41) is 0. The highest BCUT2D eigenvalue weighted by atomic mass is 32.2. The number of anilines is 2. The van der Waals surface area contributed by atoms with Crippen molar-refractivity contribution in [3.05, 3.63) is 109 Å². The van der Waals surface area contributed by atoms with E-state index in [2.05, 4.69) is 19.4 Å². The van der Waals surface area contributed by atoms with Gasteiger partial charge in [-0.2, -0.15) is 0 Å². The van der Waals surface area contributed by atoms with E-state index < -0.39 is 31.7 Å². The summed E-state index contributed by atoms with van der Waals surface area (Å²) in [4.78, 5) is 8.67. The molecule has 0 aliphatic rings. The molecule has 44 heavy (non-hydrogen) atoms. The van der Waals surface area contributed by atoms with E-state index in [0.717, 1.165) is 0 Å². The van der Waals surface area contributed by atoms with E-state index in [9.17, 15) is 25.6 Å². The molecule has 2 N–H and O–H groups in total. The summed E-state index contributed by atoms with van der Waals surface area (Å²) in [6, 6.07) is 24.4. The summed E-state index contributed by atoms with van der Waals surface area (Å²) in [5.74, 6) is -0.477. The molecule has 0 saturated heterocycles. The summed E-state index contributed by atoms with van der Waals surface area (Å²) in [6.07, 6.45) is 0. The number of aromatic nitrogens is 4. The predicted molar refractivity (Wildman–Crippen MR) is 165 cm³/mol. The van der Waals surface area contributed by atoms with Crippen LogP contribution in [0.4, 0.5) is 20.7 Å². The molecule has 0 aliphatic heterocycles. The predicted octanol–water partition coefficient (Wildman–Crippen LogP) is 5.99. The van der Waals surface area contributed by atoms with Crippen molar-refractivity contribution >= 4 is 54.0 Å². The summed E-state index contributed by atoms with van der Waals surface area (Å²) >= 11 is 0. The van der Waals surface area contributed by atoms with Crippen LogP contribution in [0.1, 0.15) is 13.8 Å². The zero-order valence-corrected chi connectivity index (χ0v) is 25.3. The number of fused-ring (bicyclic) bond motifs is 2. The molecular formula is C30H28F2N6O4S2. The zero-order valence-electron chi connectivity index (χ0n) is 23.6. The van der Waals surface area contributed by atoms with E-state index in [-0.39, 0.29) is 21.7 Å². The number of aryl methyl sites for hydroxylation is 2. The van der Waals surface area contributed by atoms with Gasteiger partial charge in [-0.25, -0.2) is 45.0 Å². The Bertz CT molecular complexity index is 2000. The lowest BCUT2D eigenvalue weighted by atomic mass is 10.3. The number of nitrogens with zero attached hydrogens (tertiary/aromatic N) is 4. The molecule has 4 aromatic carbocycles. The van der Waals surface area contributed by atoms with E-state index in [1.54, 1.807) is 57.7 Å². The van der Waals surface area contributed by atoms with Gasteiger partial charge in [0.1, 0.15) is 11.6 Å². The second-order valence-electron chi connectivity index (χ2n) is 9.46. The number of benzene rings is 4. The van der Waals surface area contributed by atoms with Gasteiger partial charge in [0.05, 0.1) is 31.9 Å². The topological polar surface area (TPSA) is 128 Å². The van der Waals surface area contributed by atoms with Crippen LogP contribution >= 0.6 is 0 Å². The van der Waals surface area contributed by atoms with E-state index >= 15 is 0 Å². The third kappa shape index (κ3) is 6.40. The van der Waals surface area contributed by atoms with Crippen LogP contribution in [0.2, 0.25) is 0 Å². The highest BCUT2D eigenvalue weighted by Gasteiger charge is 2.20. The van der Waals surface area contributed by atoms with Gasteiger partial charge in [0, 0.05) is 25.2 Å². The van der Waals surface area contributed by atoms with Crippen molar-refractivity contribution in [1.29, 1.82) is 0 Å². The highest BCUT2D eigenvalue weighted by Crippen LogP contribution is 2.24. The molecule has 0 aliphatic carbocycles. The molecule has 0 spiro atoms. The quantitative estimate of drug-likeness (QED) is 0.211. The standard InChI is InChI=1S/2C15H14FN3O2S/c2*1-2-19-14-9-8-11(16)10-13(14)17-15(19)18-22(20,21)12-6-4-3-5-7-12/h2*3-10H,2H2,1H3,(H,17,18). The zero-order chi connectivity index (χ0) is 31.5. The van der Waals surface area contributed by atoms with Gasteiger partial charge in [-0.1, -0.05) is 36.4 Å². The lowest BCUT2D eigenvalue weighted by Crippen LogP contribution is -2.16. The van der Waals surface area contributed by atoms with Crippen molar-refractivity contribution in [2.24, 2.45) is 0 Å². The number of halogens is 2. The van der Waals surface area contributed by atoms with E-state index in [0.29, 0.717) is 35.2 Å². The Morgan fingerprint density at radius 2 is 0.955 bits per heavy atom. The van der Waals surface area contributed by atoms with Gasteiger partial charge in [-0.05, 0) is 62.4 Å². The van der Waals surface area contributed by atoms with Crippen LogP contribution in [-0.4, -0.2) is 35.9 Å². The molecule has 10 nitrogen and oxygen atoms in total. The summed E-state index contributed by atoms with van der Waals surface area (Å²) < 4.78 is 84.4. The molecule has 0 unspecified atom stereocenters. The molecule has 0 radical (unpaired) electrons. The van der Waals surface area contributed by atoms with Crippen molar-refractivity contribution in [1.82, 2.24) is 19.1 Å². The Morgan fingerprint density at radius 1 is 0.591 bits per heavy atom. The maximum absolute atomic E-state index is 13.3. The lowest BCUT2D eigenvalue weighted by molar-refractivity contribution is 0.598. The minimum Gasteiger partial charge on any atom is -0.310 e. The van der Waals surface area contributed by atoms with Gasteiger partial charge in [0.15, 0.2) is 0 Å². The molecule has 0 saturated carbocycles. The van der Waals surface area contributed by atoms with Gasteiger partial charge < -0.3 is 9.13 Å². The van der Waals surface area contributed by atoms with Gasteiger partial charge in [-0.3, -0.25) is 0 Å². The lowest BCUT2D eigenvalue weighted by Gasteiger charge is -2.09. The van der Waals surface area contributed by atoms with Crippen LogP contribution in [0.25, 0.3) is 22.1 Å². The first kappa shape index (κ1) is 30.6. The normalized spacial score (nSPS) is 11.7. The summed E-state index contributed by atoms with van der Waals surface area (Å²) in [6.45, 7) is 4.75. The third-order valence-corrected chi connectivity index (χ3v) is 9.30. The average Bonchev–Trinajstić information content (AvgIpc) is 3.52. The maximum atomic E-state index is 13.3. The van der Waals surface area contributed by atoms with Gasteiger partial charge >= 0.3 is 0 Å². The van der Waals surface area contributed by atoms with Gasteiger partial charge in [0.2, 0.25) is 11.9 Å². The molecule has 0 bridgehead atoms. The van der Waals surface area contributed by atoms with Crippen LogP contribution in [-0.2, 0) is 33.1 Å². The van der Waals surface area contributed by atoms with Crippen molar-refractivity contribution in [3.8, 4) is 0 Å². The molecule has 228 valence electrons. The van der Waals surface area contributed by atoms with E-state index in [4.69, 9.17) is 0 Å². The second-order valence-corrected chi connectivity index (χ2v) is 12.8. The first-order valence-electron chi connectivity index (χ1n) is 13.5. The Hall–Kier alpha value is -4.82. The van der Waals surface area contributed by atoms with Gasteiger partial charge in [-0.15, -0.1) is 0 Å². The number of rotatable bonds is 8. The average molecular weight is 639 g/mol. The smallest absolute Gasteiger partial charge is 0.264 e. The number of hydrogen-bond acceptors (Lipinski definition) is 6. The summed E-state index contributed by atoms with van der Waals surface area (Å²) in [5.41, 5.74) is 2.17. The largest absolute Gasteiger partial charge is 0.310 e. The molecule has 0 amide bonds. The molecule has 0 fully saturated rings. The molecular weight excluding hydrogens is 610 g/mol. The Kier molecular flexibility index (Phi) is 8.65. The minimum absolute atomic E-state index is 0.149. The molecule has 14 heteroatoms. The number of imidazole rings is 2. The fourth-order valence-electron chi connectivity index (χ4n) is 4.56. The number of sulfonamides is 2. The first-order valence-corrected chi connectivity index (χ1v) is 16.5. The Labute approximate surface area is 253 Å². The Balaban J connectivity index is 0.000000175. The summed E-state index contributed by atoms with van der Waals surface area (Å²) in [7, 11) is -7.46. The minimum atomic E-state index is -3.73. The molecule has 2 heterocycles. The molecule has 2 aromatic heterocycles. The Morgan fingerprint density at radius 3 is 1.30 bits per heavy atom. The van der Waals surface area contributed by atoms with E-state index in [1.807, 2.05) is 13.8 Å². The van der Waals surface area contributed by atoms with Crippen molar-refractivity contribution in [2.75, 3.05) is 9.44 Å². The maximum Gasteiger partial charge on any atom is 0.264 e. The van der Waals surface area contributed by atoms with Crippen LogP contribution < -0.4 is 9.44 Å². The number of nitrogens with one attached hydrogen (secondary N) is 2. The van der Waals surface area contributed by atoms with Crippen molar-refractivity contribution in [3.63, 3.8) is 0 Å². The van der Waals surface area contributed by atoms with Crippen LogP contribution in [0.5, 0.6) is 0 Å². The first-order chi connectivity index (χ1) is 21.0. The van der Waals surface area contributed by atoms with Gasteiger partial charge in [0.25, 0.3) is 20.0 Å². The molecule has 6 rings (SSSR count). The van der Waals surface area contributed by atoms with Crippen LogP contribution in [0.15, 0.2) is 107 Å². The fourth-order valence-corrected chi connectivity index (χ4v) is 6.62. The fraction of sp³-hybridized carbons (Fsp3) is 0.133. The van der Waals surface area contributed by atoms with Crippen LogP contribution in [0.3, 0.4) is 0 Å². The van der Waals surface area contributed by atoms with E-state index in [1.165, 1.54) is 48.5 Å². The second kappa shape index (κ2) is 12.4. The molecule has 0 atom stereocenters. The molecule has 6 aromatic rings. The third-order valence-electron chi connectivity index (χ3n) is 6.61. The SMILES string of the molecule is CCn1c(NS(=O)(=O)c2ccccc2)nc2cc(F)ccc21.CCn1c(NS(=O)(=O)c2ccccc2)nc2cc(F)ccc21. The van der Waals surface area contributed by atoms with Crippen molar-refractivity contribution in [2.45, 2.75) is 36.7 Å². The van der Waals surface area contributed by atoms with Crippen molar-refractivity contribution < 1.29 is 25.6 Å². The highest BCUT2D eigenvalue weighted by molar-refractivity contribution is 7.93. The monoisotopic (exact) mass is 638 g/mol.